The first kappa shape index (κ1) is 17.2. The Morgan fingerprint density at radius 3 is 2.78 bits per heavy atom. The smallest absolute Gasteiger partial charge is 0.255 e. The van der Waals surface area contributed by atoms with E-state index in [2.05, 4.69) is 17.2 Å². The molecule has 0 saturated carbocycles. The van der Waals surface area contributed by atoms with Crippen molar-refractivity contribution >= 4 is 30.7 Å². The van der Waals surface area contributed by atoms with Crippen molar-refractivity contribution in [3.8, 4) is 0 Å². The average molecular weight is 292 g/mol. The first-order chi connectivity index (χ1) is 7.66. The number of nitrogens with zero attached hydrogens (tertiary/aromatic N) is 2. The molecular formula is C12H19Cl2N3O. The number of amides is 1. The number of carbonyl (C=O) groups is 1. The molecule has 0 unspecified atom stereocenters. The highest BCUT2D eigenvalue weighted by molar-refractivity contribution is 5.94. The summed E-state index contributed by atoms with van der Waals surface area (Å²) in [7, 11) is 0. The fraction of sp³-hybridized carbons (Fsp3) is 0.500. The summed E-state index contributed by atoms with van der Waals surface area (Å²) in [6, 6.07) is 2.26. The van der Waals surface area contributed by atoms with Crippen LogP contribution in [0.4, 0.5) is 0 Å². The molecule has 1 N–H and O–H groups in total. The second-order valence-electron chi connectivity index (χ2n) is 4.36. The Morgan fingerprint density at radius 1 is 1.44 bits per heavy atom. The van der Waals surface area contributed by atoms with Gasteiger partial charge in [-0.1, -0.05) is 0 Å². The minimum Gasteiger partial charge on any atom is -0.336 e. The molecule has 1 aliphatic heterocycles. The SMILES string of the molecule is Cc1cncc(C(=O)N2CCN[C@@H](C)C2)c1.Cl.Cl. The molecule has 102 valence electrons. The van der Waals surface area contributed by atoms with Gasteiger partial charge in [0.25, 0.3) is 5.91 Å². The van der Waals surface area contributed by atoms with E-state index in [1.165, 1.54) is 0 Å². The van der Waals surface area contributed by atoms with Crippen molar-refractivity contribution in [1.82, 2.24) is 15.2 Å². The third-order valence-electron chi connectivity index (χ3n) is 2.78. The number of carbonyl (C=O) groups excluding carboxylic acids is 1. The van der Waals surface area contributed by atoms with Crippen LogP contribution in [0.15, 0.2) is 18.5 Å². The van der Waals surface area contributed by atoms with Gasteiger partial charge < -0.3 is 10.2 Å². The van der Waals surface area contributed by atoms with Crippen LogP contribution >= 0.6 is 24.8 Å². The Balaban J connectivity index is 0.00000144. The lowest BCUT2D eigenvalue weighted by atomic mass is 10.1. The summed E-state index contributed by atoms with van der Waals surface area (Å²) >= 11 is 0. The highest BCUT2D eigenvalue weighted by Gasteiger charge is 2.21. The summed E-state index contributed by atoms with van der Waals surface area (Å²) in [5.41, 5.74) is 1.71. The van der Waals surface area contributed by atoms with Crippen LogP contribution in [0.25, 0.3) is 0 Å². The number of rotatable bonds is 1. The molecule has 1 aliphatic rings. The normalized spacial score (nSPS) is 18.6. The van der Waals surface area contributed by atoms with Gasteiger partial charge in [0, 0.05) is 38.1 Å². The molecule has 4 nitrogen and oxygen atoms in total. The van der Waals surface area contributed by atoms with Crippen LogP contribution in [0.2, 0.25) is 0 Å². The van der Waals surface area contributed by atoms with Gasteiger partial charge in [0.05, 0.1) is 5.56 Å². The maximum Gasteiger partial charge on any atom is 0.255 e. The van der Waals surface area contributed by atoms with E-state index in [1.54, 1.807) is 12.4 Å². The first-order valence-corrected chi connectivity index (χ1v) is 5.61. The zero-order chi connectivity index (χ0) is 11.5. The van der Waals surface area contributed by atoms with Crippen LogP contribution in [-0.4, -0.2) is 41.5 Å². The molecule has 1 aromatic rings. The molecule has 1 amide bonds. The molecule has 0 aromatic carbocycles. The summed E-state index contributed by atoms with van der Waals surface area (Å²) in [6.45, 7) is 6.45. The second kappa shape index (κ2) is 7.56. The molecule has 6 heteroatoms. The number of aromatic nitrogens is 1. The maximum absolute atomic E-state index is 12.2. The van der Waals surface area contributed by atoms with Gasteiger partial charge in [0.2, 0.25) is 0 Å². The predicted octanol–water partition coefficient (Wildman–Crippen LogP) is 1.67. The van der Waals surface area contributed by atoms with E-state index < -0.39 is 0 Å². The molecule has 2 rings (SSSR count). The summed E-state index contributed by atoms with van der Waals surface area (Å²) in [5.74, 6) is 0.0875. The number of halogens is 2. The van der Waals surface area contributed by atoms with Crippen molar-refractivity contribution in [3.05, 3.63) is 29.6 Å². The number of piperazine rings is 1. The molecule has 1 aromatic heterocycles. The lowest BCUT2D eigenvalue weighted by Crippen LogP contribution is -2.51. The average Bonchev–Trinajstić information content (AvgIpc) is 2.28. The van der Waals surface area contributed by atoms with E-state index in [4.69, 9.17) is 0 Å². The summed E-state index contributed by atoms with van der Waals surface area (Å²) in [6.07, 6.45) is 3.40. The molecular weight excluding hydrogens is 273 g/mol. The number of aryl methyl sites for hydroxylation is 1. The molecule has 1 fully saturated rings. The van der Waals surface area contributed by atoms with Crippen molar-refractivity contribution in [2.45, 2.75) is 19.9 Å². The highest BCUT2D eigenvalue weighted by atomic mass is 35.5. The van der Waals surface area contributed by atoms with Crippen molar-refractivity contribution < 1.29 is 4.79 Å². The topological polar surface area (TPSA) is 45.2 Å². The predicted molar refractivity (Wildman–Crippen MR) is 76.8 cm³/mol. The molecule has 0 spiro atoms. The molecule has 1 atom stereocenters. The Morgan fingerprint density at radius 2 is 2.17 bits per heavy atom. The zero-order valence-corrected chi connectivity index (χ0v) is 12.2. The van der Waals surface area contributed by atoms with E-state index in [1.807, 2.05) is 17.9 Å². The second-order valence-corrected chi connectivity index (χ2v) is 4.36. The first-order valence-electron chi connectivity index (χ1n) is 5.61. The molecule has 0 aliphatic carbocycles. The number of nitrogens with one attached hydrogen (secondary N) is 1. The maximum atomic E-state index is 12.2. The summed E-state index contributed by atoms with van der Waals surface area (Å²) in [4.78, 5) is 18.1. The van der Waals surface area contributed by atoms with Crippen LogP contribution < -0.4 is 5.32 Å². The van der Waals surface area contributed by atoms with E-state index >= 15 is 0 Å². The Kier molecular flexibility index (Phi) is 7.21. The van der Waals surface area contributed by atoms with Crippen LogP contribution in [0.3, 0.4) is 0 Å². The van der Waals surface area contributed by atoms with Crippen molar-refractivity contribution in [2.24, 2.45) is 0 Å². The zero-order valence-electron chi connectivity index (χ0n) is 10.5. The van der Waals surface area contributed by atoms with Crippen molar-refractivity contribution in [3.63, 3.8) is 0 Å². The minimum absolute atomic E-state index is 0. The third-order valence-corrected chi connectivity index (χ3v) is 2.78. The van der Waals surface area contributed by atoms with Crippen LogP contribution in [0, 0.1) is 6.92 Å². The minimum atomic E-state index is 0. The van der Waals surface area contributed by atoms with Gasteiger partial charge in [-0.25, -0.2) is 0 Å². The Hall–Kier alpha value is -0.840. The number of hydrogen-bond acceptors (Lipinski definition) is 3. The molecule has 0 radical (unpaired) electrons. The lowest BCUT2D eigenvalue weighted by Gasteiger charge is -2.31. The van der Waals surface area contributed by atoms with Crippen LogP contribution in [0.5, 0.6) is 0 Å². The van der Waals surface area contributed by atoms with E-state index in [9.17, 15) is 4.79 Å². The fourth-order valence-electron chi connectivity index (χ4n) is 1.97. The fourth-order valence-corrected chi connectivity index (χ4v) is 1.97. The quantitative estimate of drug-likeness (QED) is 0.856. The van der Waals surface area contributed by atoms with Crippen molar-refractivity contribution in [2.75, 3.05) is 19.6 Å². The van der Waals surface area contributed by atoms with Gasteiger partial charge in [-0.15, -0.1) is 24.8 Å². The van der Waals surface area contributed by atoms with E-state index in [-0.39, 0.29) is 30.7 Å². The monoisotopic (exact) mass is 291 g/mol. The largest absolute Gasteiger partial charge is 0.336 e. The van der Waals surface area contributed by atoms with E-state index in [0.717, 1.165) is 25.2 Å². The summed E-state index contributed by atoms with van der Waals surface area (Å²) in [5, 5.41) is 3.32. The van der Waals surface area contributed by atoms with Gasteiger partial charge in [-0.3, -0.25) is 9.78 Å². The molecule has 0 bridgehead atoms. The van der Waals surface area contributed by atoms with Gasteiger partial charge in [0.1, 0.15) is 0 Å². The van der Waals surface area contributed by atoms with Crippen LogP contribution in [0.1, 0.15) is 22.8 Å². The van der Waals surface area contributed by atoms with Gasteiger partial charge >= 0.3 is 0 Å². The lowest BCUT2D eigenvalue weighted by molar-refractivity contribution is 0.0708. The molecule has 1 saturated heterocycles. The Labute approximate surface area is 120 Å². The molecule has 2 heterocycles. The highest BCUT2D eigenvalue weighted by Crippen LogP contribution is 2.08. The van der Waals surface area contributed by atoms with Gasteiger partial charge in [-0.2, -0.15) is 0 Å². The third kappa shape index (κ3) is 4.12. The van der Waals surface area contributed by atoms with Gasteiger partial charge in [-0.05, 0) is 25.5 Å². The summed E-state index contributed by atoms with van der Waals surface area (Å²) < 4.78 is 0. The standard InChI is InChI=1S/C12H17N3O.2ClH/c1-9-5-11(7-13-6-9)12(16)15-4-3-14-10(2)8-15;;/h5-7,10,14H,3-4,8H2,1-2H3;2*1H/t10-;;/m0../s1. The van der Waals surface area contributed by atoms with Crippen molar-refractivity contribution in [1.29, 1.82) is 0 Å². The molecule has 18 heavy (non-hydrogen) atoms. The van der Waals surface area contributed by atoms with Gasteiger partial charge in [0.15, 0.2) is 0 Å². The van der Waals surface area contributed by atoms with Crippen LogP contribution in [-0.2, 0) is 0 Å². The number of pyridine rings is 1. The number of hydrogen-bond donors (Lipinski definition) is 1. The van der Waals surface area contributed by atoms with E-state index in [0.29, 0.717) is 11.6 Å². The Bertz CT molecular complexity index is 401.